The van der Waals surface area contributed by atoms with Crippen LogP contribution in [0.4, 0.5) is 5.69 Å². The molecule has 0 fully saturated rings. The fraction of sp³-hybridized carbons (Fsp3) is 0.333. The number of non-ortho nitro benzene ring substituents is 1. The number of halogens is 1. The van der Waals surface area contributed by atoms with Gasteiger partial charge in [0.1, 0.15) is 6.54 Å². The van der Waals surface area contributed by atoms with E-state index >= 15 is 0 Å². The molecule has 0 aliphatic carbocycles. The van der Waals surface area contributed by atoms with Gasteiger partial charge in [0.25, 0.3) is 11.6 Å². The molecular weight excluding hydrogens is 332 g/mol. The highest BCUT2D eigenvalue weighted by Gasteiger charge is 2.20. The van der Waals surface area contributed by atoms with Crippen LogP contribution in [0.2, 0.25) is 0 Å². The lowest BCUT2D eigenvalue weighted by atomic mass is 10.1. The van der Waals surface area contributed by atoms with Crippen LogP contribution in [0, 0.1) is 10.1 Å². The molecule has 1 aromatic carbocycles. The molecule has 0 bridgehead atoms. The number of carbonyl (C=O) groups is 2. The molecule has 0 saturated carbocycles. The molecule has 1 N–H and O–H groups in total. The Morgan fingerprint density at radius 3 is 2.55 bits per heavy atom. The third-order valence-corrected chi connectivity index (χ3v) is 2.91. The van der Waals surface area contributed by atoms with E-state index in [2.05, 4.69) is 15.9 Å². The fourth-order valence-electron chi connectivity index (χ4n) is 1.67. The number of amides is 1. The highest BCUT2D eigenvalue weighted by molar-refractivity contribution is 9.10. The molecular formula is C12H13BrN2O5. The van der Waals surface area contributed by atoms with Crippen LogP contribution in [0.25, 0.3) is 0 Å². The van der Waals surface area contributed by atoms with E-state index in [1.165, 1.54) is 12.1 Å². The SMILES string of the molecule is CCCN(CC(=O)O)C(=O)c1cc(Br)cc([N+](=O)[O-])c1. The molecule has 0 radical (unpaired) electrons. The first kappa shape index (κ1) is 16.1. The van der Waals surface area contributed by atoms with Gasteiger partial charge < -0.3 is 10.0 Å². The van der Waals surface area contributed by atoms with Crippen molar-refractivity contribution in [3.8, 4) is 0 Å². The standard InChI is InChI=1S/C12H13BrN2O5/c1-2-3-14(7-11(16)17)12(18)8-4-9(13)6-10(5-8)15(19)20/h4-6H,2-3,7H2,1H3,(H,16,17). The molecule has 0 heterocycles. The largest absolute Gasteiger partial charge is 0.480 e. The van der Waals surface area contributed by atoms with E-state index in [1.54, 1.807) is 0 Å². The van der Waals surface area contributed by atoms with Crippen molar-refractivity contribution in [2.75, 3.05) is 13.1 Å². The van der Waals surface area contributed by atoms with Crippen LogP contribution < -0.4 is 0 Å². The van der Waals surface area contributed by atoms with Crippen molar-refractivity contribution in [1.29, 1.82) is 0 Å². The molecule has 8 heteroatoms. The van der Waals surface area contributed by atoms with Crippen LogP contribution in [0.15, 0.2) is 22.7 Å². The number of hydrogen-bond donors (Lipinski definition) is 1. The third-order valence-electron chi connectivity index (χ3n) is 2.45. The number of rotatable bonds is 6. The molecule has 0 aromatic heterocycles. The molecule has 0 aliphatic heterocycles. The number of nitro benzene ring substituents is 1. The van der Waals surface area contributed by atoms with Crippen molar-refractivity contribution in [2.24, 2.45) is 0 Å². The number of aliphatic carboxylic acids is 1. The normalized spacial score (nSPS) is 10.1. The number of nitrogens with zero attached hydrogens (tertiary/aromatic N) is 2. The minimum absolute atomic E-state index is 0.0841. The molecule has 20 heavy (non-hydrogen) atoms. The minimum Gasteiger partial charge on any atom is -0.480 e. The van der Waals surface area contributed by atoms with E-state index in [4.69, 9.17) is 5.11 Å². The second-order valence-corrected chi connectivity index (χ2v) is 4.99. The molecule has 108 valence electrons. The van der Waals surface area contributed by atoms with E-state index in [-0.39, 0.29) is 17.8 Å². The number of carbonyl (C=O) groups excluding carboxylic acids is 1. The molecule has 0 spiro atoms. The monoisotopic (exact) mass is 344 g/mol. The van der Waals surface area contributed by atoms with Crippen molar-refractivity contribution in [3.63, 3.8) is 0 Å². The summed E-state index contributed by atoms with van der Waals surface area (Å²) >= 11 is 3.10. The number of carboxylic acids is 1. The maximum Gasteiger partial charge on any atom is 0.323 e. The van der Waals surface area contributed by atoms with Gasteiger partial charge in [-0.15, -0.1) is 0 Å². The summed E-state index contributed by atoms with van der Waals surface area (Å²) in [5, 5.41) is 19.6. The Kier molecular flexibility index (Phi) is 5.63. The highest BCUT2D eigenvalue weighted by Crippen LogP contribution is 2.22. The fourth-order valence-corrected chi connectivity index (χ4v) is 2.15. The maximum atomic E-state index is 12.2. The highest BCUT2D eigenvalue weighted by atomic mass is 79.9. The second kappa shape index (κ2) is 6.99. The Bertz CT molecular complexity index is 547. The average Bonchev–Trinajstić information content (AvgIpc) is 2.36. The van der Waals surface area contributed by atoms with Crippen molar-refractivity contribution in [2.45, 2.75) is 13.3 Å². The van der Waals surface area contributed by atoms with Crippen LogP contribution in [0.3, 0.4) is 0 Å². The van der Waals surface area contributed by atoms with Crippen molar-refractivity contribution < 1.29 is 19.6 Å². The molecule has 0 aliphatic rings. The Hall–Kier alpha value is -1.96. The first-order chi connectivity index (χ1) is 9.35. The van der Waals surface area contributed by atoms with E-state index in [0.29, 0.717) is 10.9 Å². The quantitative estimate of drug-likeness (QED) is 0.630. The van der Waals surface area contributed by atoms with E-state index in [0.717, 1.165) is 11.0 Å². The van der Waals surface area contributed by atoms with Crippen molar-refractivity contribution >= 4 is 33.5 Å². The van der Waals surface area contributed by atoms with Gasteiger partial charge in [0.05, 0.1) is 4.92 Å². The summed E-state index contributed by atoms with van der Waals surface area (Å²) in [7, 11) is 0. The predicted octanol–water partition coefficient (Wildman–Crippen LogP) is 2.29. The molecule has 1 aromatic rings. The molecule has 1 amide bonds. The van der Waals surface area contributed by atoms with Crippen LogP contribution in [-0.2, 0) is 4.79 Å². The van der Waals surface area contributed by atoms with Gasteiger partial charge in [0.2, 0.25) is 0 Å². The molecule has 0 saturated heterocycles. The second-order valence-electron chi connectivity index (χ2n) is 4.08. The topological polar surface area (TPSA) is 101 Å². The lowest BCUT2D eigenvalue weighted by Crippen LogP contribution is -2.36. The number of benzene rings is 1. The zero-order valence-electron chi connectivity index (χ0n) is 10.7. The Morgan fingerprint density at radius 1 is 1.40 bits per heavy atom. The summed E-state index contributed by atoms with van der Waals surface area (Å²) in [5.41, 5.74) is -0.143. The van der Waals surface area contributed by atoms with Gasteiger partial charge in [-0.3, -0.25) is 19.7 Å². The molecule has 0 unspecified atom stereocenters. The van der Waals surface area contributed by atoms with Crippen LogP contribution in [-0.4, -0.2) is 39.9 Å². The summed E-state index contributed by atoms with van der Waals surface area (Å²) < 4.78 is 0.391. The predicted molar refractivity (Wildman–Crippen MR) is 74.6 cm³/mol. The average molecular weight is 345 g/mol. The summed E-state index contributed by atoms with van der Waals surface area (Å²) in [6.07, 6.45) is 0.592. The number of hydrogen-bond acceptors (Lipinski definition) is 4. The summed E-state index contributed by atoms with van der Waals surface area (Å²) in [4.78, 5) is 34.3. The van der Waals surface area contributed by atoms with Gasteiger partial charge in [-0.05, 0) is 12.5 Å². The molecule has 7 nitrogen and oxygen atoms in total. The summed E-state index contributed by atoms with van der Waals surface area (Å²) in [6, 6.07) is 3.84. The maximum absolute atomic E-state index is 12.2. The number of carboxylic acid groups (broad SMARTS) is 1. The van der Waals surface area contributed by atoms with Gasteiger partial charge in [0.15, 0.2) is 0 Å². The Morgan fingerprint density at radius 2 is 2.05 bits per heavy atom. The first-order valence-electron chi connectivity index (χ1n) is 5.81. The smallest absolute Gasteiger partial charge is 0.323 e. The van der Waals surface area contributed by atoms with Gasteiger partial charge >= 0.3 is 5.97 Å². The van der Waals surface area contributed by atoms with E-state index in [1.807, 2.05) is 6.92 Å². The van der Waals surface area contributed by atoms with Crippen LogP contribution in [0.1, 0.15) is 23.7 Å². The van der Waals surface area contributed by atoms with Crippen molar-refractivity contribution in [3.05, 3.63) is 38.3 Å². The van der Waals surface area contributed by atoms with Crippen LogP contribution in [0.5, 0.6) is 0 Å². The van der Waals surface area contributed by atoms with Gasteiger partial charge in [-0.25, -0.2) is 0 Å². The lowest BCUT2D eigenvalue weighted by molar-refractivity contribution is -0.385. The third kappa shape index (κ3) is 4.30. The zero-order chi connectivity index (χ0) is 15.3. The summed E-state index contributed by atoms with van der Waals surface area (Å²) in [5.74, 6) is -1.67. The Balaban J connectivity index is 3.10. The van der Waals surface area contributed by atoms with Gasteiger partial charge in [-0.1, -0.05) is 22.9 Å². The van der Waals surface area contributed by atoms with Gasteiger partial charge in [0, 0.05) is 28.7 Å². The van der Waals surface area contributed by atoms with E-state index in [9.17, 15) is 19.7 Å². The molecule has 0 atom stereocenters. The van der Waals surface area contributed by atoms with Crippen molar-refractivity contribution in [1.82, 2.24) is 4.90 Å². The lowest BCUT2D eigenvalue weighted by Gasteiger charge is -2.19. The van der Waals surface area contributed by atoms with E-state index < -0.39 is 23.3 Å². The van der Waals surface area contributed by atoms with Gasteiger partial charge in [-0.2, -0.15) is 0 Å². The van der Waals surface area contributed by atoms with Crippen LogP contribution >= 0.6 is 15.9 Å². The first-order valence-corrected chi connectivity index (χ1v) is 6.60. The Labute approximate surface area is 123 Å². The zero-order valence-corrected chi connectivity index (χ0v) is 12.3. The minimum atomic E-state index is -1.13. The number of nitro groups is 1. The molecule has 1 rings (SSSR count). The summed E-state index contributed by atoms with van der Waals surface area (Å²) in [6.45, 7) is 1.64.